The molecular weight excluding hydrogens is 218 g/mol. The standard InChI is InChI=1S/C17H17N/c1-17-14-8-4-2-6-12(14)10-11-16(18-17)13-7-3-5-9-15(13)17/h2-9,16,18H,10-11H2,1H3. The minimum absolute atomic E-state index is 0.00560. The van der Waals surface area contributed by atoms with Gasteiger partial charge in [-0.2, -0.15) is 0 Å². The summed E-state index contributed by atoms with van der Waals surface area (Å²) in [4.78, 5) is 0. The van der Waals surface area contributed by atoms with Crippen molar-refractivity contribution in [2.75, 3.05) is 0 Å². The van der Waals surface area contributed by atoms with Gasteiger partial charge in [0, 0.05) is 6.04 Å². The highest BCUT2D eigenvalue weighted by Crippen LogP contribution is 2.46. The van der Waals surface area contributed by atoms with Gasteiger partial charge in [0.15, 0.2) is 0 Å². The molecule has 0 fully saturated rings. The third kappa shape index (κ3) is 1.20. The molecule has 0 saturated heterocycles. The Morgan fingerprint density at radius 2 is 1.72 bits per heavy atom. The minimum Gasteiger partial charge on any atom is -0.297 e. The molecule has 0 amide bonds. The molecule has 2 atom stereocenters. The van der Waals surface area contributed by atoms with Crippen LogP contribution in [0.3, 0.4) is 0 Å². The van der Waals surface area contributed by atoms with Gasteiger partial charge in [-0.05, 0) is 42.0 Å². The van der Waals surface area contributed by atoms with E-state index in [0.29, 0.717) is 6.04 Å². The zero-order chi connectivity index (χ0) is 12.2. The summed E-state index contributed by atoms with van der Waals surface area (Å²) in [5.74, 6) is 0. The molecule has 2 aromatic rings. The van der Waals surface area contributed by atoms with Crippen LogP contribution in [0.1, 0.15) is 41.6 Å². The number of benzene rings is 2. The van der Waals surface area contributed by atoms with E-state index in [4.69, 9.17) is 0 Å². The van der Waals surface area contributed by atoms with Crippen LogP contribution < -0.4 is 5.32 Å². The van der Waals surface area contributed by atoms with Crippen molar-refractivity contribution < 1.29 is 0 Å². The fourth-order valence-corrected chi connectivity index (χ4v) is 3.74. The lowest BCUT2D eigenvalue weighted by Gasteiger charge is -2.28. The second-order valence-electron chi connectivity index (χ2n) is 5.60. The second-order valence-corrected chi connectivity index (χ2v) is 5.60. The monoisotopic (exact) mass is 235 g/mol. The largest absolute Gasteiger partial charge is 0.297 e. The highest BCUT2D eigenvalue weighted by molar-refractivity contribution is 5.51. The molecule has 0 saturated carbocycles. The quantitative estimate of drug-likeness (QED) is 0.736. The van der Waals surface area contributed by atoms with Gasteiger partial charge in [0.2, 0.25) is 0 Å². The zero-order valence-electron chi connectivity index (χ0n) is 10.6. The van der Waals surface area contributed by atoms with Gasteiger partial charge in [-0.25, -0.2) is 0 Å². The molecule has 90 valence electrons. The van der Waals surface area contributed by atoms with Gasteiger partial charge in [-0.15, -0.1) is 0 Å². The van der Waals surface area contributed by atoms with E-state index in [-0.39, 0.29) is 5.54 Å². The van der Waals surface area contributed by atoms with E-state index in [2.05, 4.69) is 60.8 Å². The Morgan fingerprint density at radius 3 is 2.61 bits per heavy atom. The Hall–Kier alpha value is -1.60. The first-order valence-electron chi connectivity index (χ1n) is 6.74. The van der Waals surface area contributed by atoms with Gasteiger partial charge >= 0.3 is 0 Å². The fraction of sp³-hybridized carbons (Fsp3) is 0.294. The molecule has 0 aromatic heterocycles. The number of fused-ring (bicyclic) bond motifs is 7. The van der Waals surface area contributed by atoms with Crippen LogP contribution in [0, 0.1) is 0 Å². The van der Waals surface area contributed by atoms with Crippen LogP contribution >= 0.6 is 0 Å². The van der Waals surface area contributed by atoms with Crippen molar-refractivity contribution >= 4 is 0 Å². The van der Waals surface area contributed by atoms with Crippen LogP contribution in [0.5, 0.6) is 0 Å². The maximum atomic E-state index is 3.85. The van der Waals surface area contributed by atoms with Gasteiger partial charge < -0.3 is 0 Å². The average molecular weight is 235 g/mol. The Bertz CT molecular complexity index is 617. The van der Waals surface area contributed by atoms with Crippen molar-refractivity contribution in [3.05, 3.63) is 70.8 Å². The molecule has 4 rings (SSSR count). The Labute approximate surface area is 108 Å². The Kier molecular flexibility index (Phi) is 1.98. The Morgan fingerprint density at radius 1 is 1.00 bits per heavy atom. The van der Waals surface area contributed by atoms with Gasteiger partial charge in [0.05, 0.1) is 5.54 Å². The highest BCUT2D eigenvalue weighted by Gasteiger charge is 2.43. The van der Waals surface area contributed by atoms with Crippen LogP contribution in [0.15, 0.2) is 48.5 Å². The summed E-state index contributed by atoms with van der Waals surface area (Å²) < 4.78 is 0. The van der Waals surface area contributed by atoms with Crippen molar-refractivity contribution in [3.63, 3.8) is 0 Å². The van der Waals surface area contributed by atoms with Gasteiger partial charge in [-0.1, -0.05) is 48.5 Å². The lowest BCUT2D eigenvalue weighted by molar-refractivity contribution is 0.423. The summed E-state index contributed by atoms with van der Waals surface area (Å²) in [6.07, 6.45) is 2.38. The maximum Gasteiger partial charge on any atom is 0.0672 e. The average Bonchev–Trinajstić information content (AvgIpc) is 2.61. The lowest BCUT2D eigenvalue weighted by atomic mass is 9.80. The smallest absolute Gasteiger partial charge is 0.0672 e. The van der Waals surface area contributed by atoms with Crippen LogP contribution in [0.2, 0.25) is 0 Å². The molecule has 1 N–H and O–H groups in total. The molecule has 18 heavy (non-hydrogen) atoms. The fourth-order valence-electron chi connectivity index (χ4n) is 3.74. The number of nitrogens with one attached hydrogen (secondary N) is 1. The first-order valence-corrected chi connectivity index (χ1v) is 6.74. The van der Waals surface area contributed by atoms with E-state index < -0.39 is 0 Å². The molecular formula is C17H17N. The number of aryl methyl sites for hydroxylation is 1. The van der Waals surface area contributed by atoms with Crippen molar-refractivity contribution in [1.29, 1.82) is 0 Å². The zero-order valence-corrected chi connectivity index (χ0v) is 10.6. The number of hydrogen-bond acceptors (Lipinski definition) is 1. The van der Waals surface area contributed by atoms with Crippen molar-refractivity contribution in [2.45, 2.75) is 31.3 Å². The van der Waals surface area contributed by atoms with Crippen LogP contribution in [-0.4, -0.2) is 0 Å². The summed E-state index contributed by atoms with van der Waals surface area (Å²) >= 11 is 0. The summed E-state index contributed by atoms with van der Waals surface area (Å²) in [5.41, 5.74) is 5.91. The lowest BCUT2D eigenvalue weighted by Crippen LogP contribution is -2.35. The number of hydrogen-bond donors (Lipinski definition) is 1. The summed E-state index contributed by atoms with van der Waals surface area (Å²) in [7, 11) is 0. The van der Waals surface area contributed by atoms with Crippen LogP contribution in [0.4, 0.5) is 0 Å². The van der Waals surface area contributed by atoms with E-state index in [9.17, 15) is 0 Å². The van der Waals surface area contributed by atoms with Gasteiger partial charge in [-0.3, -0.25) is 5.32 Å². The van der Waals surface area contributed by atoms with Crippen LogP contribution in [-0.2, 0) is 12.0 Å². The molecule has 2 aliphatic rings. The van der Waals surface area contributed by atoms with Crippen molar-refractivity contribution in [1.82, 2.24) is 5.32 Å². The van der Waals surface area contributed by atoms with Crippen molar-refractivity contribution in [3.8, 4) is 0 Å². The van der Waals surface area contributed by atoms with Gasteiger partial charge in [0.1, 0.15) is 0 Å². The minimum atomic E-state index is -0.00560. The molecule has 2 bridgehead atoms. The topological polar surface area (TPSA) is 12.0 Å². The molecule has 2 unspecified atom stereocenters. The molecule has 2 aromatic carbocycles. The van der Waals surface area contributed by atoms with E-state index in [1.165, 1.54) is 35.1 Å². The molecule has 2 heterocycles. The van der Waals surface area contributed by atoms with E-state index in [1.54, 1.807) is 0 Å². The first-order chi connectivity index (χ1) is 8.79. The Balaban J connectivity index is 2.03. The normalized spacial score (nSPS) is 28.4. The first kappa shape index (κ1) is 10.3. The predicted molar refractivity (Wildman–Crippen MR) is 73.5 cm³/mol. The summed E-state index contributed by atoms with van der Waals surface area (Å²) in [6.45, 7) is 2.33. The number of rotatable bonds is 0. The van der Waals surface area contributed by atoms with Gasteiger partial charge in [0.25, 0.3) is 0 Å². The van der Waals surface area contributed by atoms with E-state index in [0.717, 1.165) is 0 Å². The van der Waals surface area contributed by atoms with Crippen molar-refractivity contribution in [2.24, 2.45) is 0 Å². The molecule has 0 aliphatic carbocycles. The molecule has 1 heteroatoms. The highest BCUT2D eigenvalue weighted by atomic mass is 15.0. The molecule has 1 nitrogen and oxygen atoms in total. The summed E-state index contributed by atoms with van der Waals surface area (Å²) in [6, 6.07) is 18.3. The molecule has 2 aliphatic heterocycles. The second kappa shape index (κ2) is 3.46. The molecule has 0 spiro atoms. The molecule has 0 radical (unpaired) electrons. The summed E-state index contributed by atoms with van der Waals surface area (Å²) in [5, 5.41) is 3.85. The van der Waals surface area contributed by atoms with E-state index >= 15 is 0 Å². The third-order valence-electron chi connectivity index (χ3n) is 4.60. The predicted octanol–water partition coefficient (Wildman–Crippen LogP) is 3.54. The third-order valence-corrected chi connectivity index (χ3v) is 4.60. The van der Waals surface area contributed by atoms with Crippen LogP contribution in [0.25, 0.3) is 0 Å². The maximum absolute atomic E-state index is 3.85. The van der Waals surface area contributed by atoms with E-state index in [1.807, 2.05) is 0 Å². The SMILES string of the molecule is CC12NC(CCc3ccccc31)c1ccccc12.